The van der Waals surface area contributed by atoms with Gasteiger partial charge in [0.25, 0.3) is 0 Å². The minimum Gasteiger partial charge on any atom is -0.508 e. The van der Waals surface area contributed by atoms with E-state index in [-0.39, 0.29) is 25.2 Å². The summed E-state index contributed by atoms with van der Waals surface area (Å²) >= 11 is 16.9. The molecule has 11 nitrogen and oxygen atoms in total. The number of epoxide rings is 1. The molecule has 10 rings (SSSR count). The highest BCUT2D eigenvalue weighted by Crippen LogP contribution is 2.36. The summed E-state index contributed by atoms with van der Waals surface area (Å²) in [6.45, 7) is 24.5. The number of methoxy groups -OCH3 is 2. The fraction of sp³-hybridized carbons (Fsp3) is 0.419. The van der Waals surface area contributed by atoms with Gasteiger partial charge in [0, 0.05) is 48.6 Å². The van der Waals surface area contributed by atoms with Gasteiger partial charge in [-0.25, -0.2) is 0 Å². The smallest absolute Gasteiger partial charge is 0.302 e. The van der Waals surface area contributed by atoms with E-state index in [1.165, 1.54) is 23.6 Å². The Morgan fingerprint density at radius 1 is 0.544 bits per heavy atom. The number of aliphatic hydroxyl groups is 1. The van der Waals surface area contributed by atoms with Crippen LogP contribution in [0.25, 0.3) is 0 Å². The number of halogens is 5. The quantitative estimate of drug-likeness (QED) is 0.0483. The van der Waals surface area contributed by atoms with Crippen molar-refractivity contribution in [1.29, 1.82) is 0 Å². The molecule has 0 aliphatic carbocycles. The lowest BCUT2D eigenvalue weighted by Gasteiger charge is -2.14. The molecule has 7 aromatic carbocycles. The van der Waals surface area contributed by atoms with Crippen LogP contribution in [0.2, 0.25) is 0 Å². The summed E-state index contributed by atoms with van der Waals surface area (Å²) < 4.78 is 44.7. The first-order chi connectivity index (χ1) is 43.4. The lowest BCUT2D eigenvalue weighted by molar-refractivity contribution is -0.145. The van der Waals surface area contributed by atoms with Crippen molar-refractivity contribution in [2.24, 2.45) is 0 Å². The van der Waals surface area contributed by atoms with E-state index in [9.17, 15) is 15.0 Å². The van der Waals surface area contributed by atoms with Gasteiger partial charge < -0.3 is 48.1 Å². The molecule has 0 bridgehead atoms. The zero-order chi connectivity index (χ0) is 66.6. The number of carbonyl (C=O) groups is 1. The molecule has 5 atom stereocenters. The van der Waals surface area contributed by atoms with Crippen LogP contribution in [-0.4, -0.2) is 96.7 Å². The maximum absolute atomic E-state index is 10.8. The molecule has 0 radical (unpaired) electrons. The van der Waals surface area contributed by atoms with Crippen LogP contribution in [0.5, 0.6) is 28.7 Å². The number of alkyl halides is 3. The Hall–Kier alpha value is -4.75. The molecule has 1 saturated heterocycles. The number of phenols is 1. The van der Waals surface area contributed by atoms with Crippen LogP contribution < -0.4 is 18.9 Å². The van der Waals surface area contributed by atoms with Crippen LogP contribution in [0.3, 0.4) is 0 Å². The third kappa shape index (κ3) is 37.7. The van der Waals surface area contributed by atoms with Crippen molar-refractivity contribution in [1.82, 2.24) is 0 Å². The van der Waals surface area contributed by atoms with Gasteiger partial charge >= 0.3 is 5.97 Å². The van der Waals surface area contributed by atoms with E-state index in [1.807, 2.05) is 203 Å². The summed E-state index contributed by atoms with van der Waals surface area (Å²) in [5, 5.41) is 21.9. The van der Waals surface area contributed by atoms with Crippen LogP contribution in [0.4, 0.5) is 0 Å². The monoisotopic (exact) mass is 1560 g/mol. The summed E-state index contributed by atoms with van der Waals surface area (Å²) in [5.74, 6) is 3.66. The van der Waals surface area contributed by atoms with Gasteiger partial charge in [0.15, 0.2) is 0 Å². The van der Waals surface area contributed by atoms with Crippen molar-refractivity contribution in [3.05, 3.63) is 218 Å². The molecule has 90 heavy (non-hydrogen) atoms. The number of aliphatic hydroxyl groups excluding tert-OH is 1. The largest absolute Gasteiger partial charge is 0.508 e. The average molecular weight is 1570 g/mol. The summed E-state index contributed by atoms with van der Waals surface area (Å²) in [6.07, 6.45) is 3.34. The maximum atomic E-state index is 10.8. The maximum Gasteiger partial charge on any atom is 0.302 e. The lowest BCUT2D eigenvalue weighted by Crippen LogP contribution is -2.20. The molecule has 0 unspecified atom stereocenters. The van der Waals surface area contributed by atoms with Crippen molar-refractivity contribution in [2.75, 3.05) is 50.0 Å². The van der Waals surface area contributed by atoms with Crippen molar-refractivity contribution in [2.45, 2.75) is 153 Å². The highest BCUT2D eigenvalue weighted by atomic mass is 79.9. The van der Waals surface area contributed by atoms with Crippen LogP contribution >= 0.6 is 79.6 Å². The number of hydrogen-bond acceptors (Lipinski definition) is 11. The summed E-state index contributed by atoms with van der Waals surface area (Å²) in [4.78, 5) is 10.8. The van der Waals surface area contributed by atoms with Crippen molar-refractivity contribution < 1.29 is 52.9 Å². The minimum absolute atomic E-state index is 0. The van der Waals surface area contributed by atoms with Gasteiger partial charge in [-0.1, -0.05) is 264 Å². The molecule has 7 aromatic rings. The summed E-state index contributed by atoms with van der Waals surface area (Å²) in [7, 11) is 3.29. The fourth-order valence-electron chi connectivity index (χ4n) is 7.75. The van der Waals surface area contributed by atoms with Gasteiger partial charge in [0.1, 0.15) is 53.2 Å². The van der Waals surface area contributed by atoms with Gasteiger partial charge in [0.05, 0.1) is 62.3 Å². The Bertz CT molecular complexity index is 2780. The zero-order valence-electron chi connectivity index (χ0n) is 54.6. The van der Waals surface area contributed by atoms with E-state index in [0.717, 1.165) is 85.3 Å². The molecule has 2 N–H and O–H groups in total. The van der Waals surface area contributed by atoms with Gasteiger partial charge in [0.2, 0.25) is 0 Å². The van der Waals surface area contributed by atoms with Crippen LogP contribution in [0.1, 0.15) is 117 Å². The lowest BCUT2D eigenvalue weighted by atomic mass is 10.1. The molecule has 500 valence electrons. The minimum atomic E-state index is -0.532. The topological polar surface area (TPSA) is 135 Å². The first kappa shape index (κ1) is 87.3. The van der Waals surface area contributed by atoms with E-state index in [0.29, 0.717) is 56.3 Å². The highest BCUT2D eigenvalue weighted by Gasteiger charge is 2.24. The molecule has 0 spiro atoms. The van der Waals surface area contributed by atoms with Crippen molar-refractivity contribution in [3.8, 4) is 28.7 Å². The second-order valence-corrected chi connectivity index (χ2v) is 21.7. The van der Waals surface area contributed by atoms with E-state index < -0.39 is 6.10 Å². The van der Waals surface area contributed by atoms with E-state index >= 15 is 0 Å². The summed E-state index contributed by atoms with van der Waals surface area (Å²) in [5.41, 5.74) is 6.73. The number of carbonyl (C=O) groups excluding carboxylic acids is 1. The zero-order valence-corrected chi connectivity index (χ0v) is 62.5. The molecule has 3 heterocycles. The van der Waals surface area contributed by atoms with Crippen LogP contribution in [0, 0.1) is 0 Å². The van der Waals surface area contributed by atoms with Crippen LogP contribution in [0.15, 0.2) is 185 Å². The number of para-hydroxylation sites is 5. The molecular formula is C74H103Br5O11. The predicted molar refractivity (Wildman–Crippen MR) is 394 cm³/mol. The molecule has 3 aliphatic heterocycles. The molecule has 1 fully saturated rings. The number of ether oxygens (including phenoxy) is 8. The fourth-order valence-corrected chi connectivity index (χ4v) is 9.78. The molecule has 3 aliphatic rings. The average Bonchev–Trinajstić information content (AvgIpc) is 4.39. The Morgan fingerprint density at radius 3 is 1.51 bits per heavy atom. The molecule has 16 heteroatoms. The van der Waals surface area contributed by atoms with E-state index in [4.69, 9.17) is 37.9 Å². The predicted octanol–water partition coefficient (Wildman–Crippen LogP) is 20.4. The van der Waals surface area contributed by atoms with Gasteiger partial charge in [-0.2, -0.15) is 0 Å². The first-order valence-corrected chi connectivity index (χ1v) is 35.6. The van der Waals surface area contributed by atoms with Gasteiger partial charge in [-0.05, 0) is 102 Å². The number of esters is 1. The Morgan fingerprint density at radius 2 is 1.01 bits per heavy atom. The molecule has 0 saturated carbocycles. The van der Waals surface area contributed by atoms with Crippen LogP contribution in [-0.2, 0) is 62.6 Å². The highest BCUT2D eigenvalue weighted by molar-refractivity contribution is 9.11. The van der Waals surface area contributed by atoms with E-state index in [1.54, 1.807) is 26.4 Å². The third-order valence-corrected chi connectivity index (χ3v) is 15.2. The number of benzene rings is 7. The normalized spacial score (nSPS) is 14.0. The van der Waals surface area contributed by atoms with Crippen molar-refractivity contribution >= 4 is 85.6 Å². The Balaban J connectivity index is 0. The molecule has 0 aromatic heterocycles. The number of aromatic hydroxyl groups is 1. The van der Waals surface area contributed by atoms with Gasteiger partial charge in [-0.15, -0.1) is 0 Å². The molecular weight excluding hydrogens is 1460 g/mol. The first-order valence-electron chi connectivity index (χ1n) is 30.7. The summed E-state index contributed by atoms with van der Waals surface area (Å²) in [6, 6.07) is 57.0. The third-order valence-electron chi connectivity index (χ3n) is 11.7. The Labute approximate surface area is 583 Å². The standard InChI is InChI=1S/C17H20O3.C11H13BrO3.C10H12O2.C9H8Br2O.C9H9BrO.C7H7BrO.5C2H6.CH4/c1-19-17-10-6-5-9-15(17)11-16(18)13-20-12-14-7-3-2-4-8-14;1-8(13)15-10(7-12)6-9-4-2-3-5-11(9)14;1-2-4-9(5-3-1)6-11-7-10-8-12-10;10-5-7-4-6-2-1-3-8(11)9(6)12-7;10-6-8-5-7-3-1-2-4-9(7)11-8;1-9-7-5-3-2-4-6(7)8;5*1-2;/h2-10,16,18H,11-13H2,1H3;2-5,10,14H,6-7H2,1H3;1-5,10H,6-8H2;1-3,7H,4-5H2;1-4,8H,5-6H2;2-5H,1H3;5*1-2H3;1H4/t16-;2*10-;7-;8-;;;;;;;/m00111......./s1. The SMILES string of the molecule is BrC[C@H]1Cc2cccc(Br)c2O1.BrC[C@H]1Cc2ccccc2O1.C.CC.CC.CC.CC.CC.CC(=O)O[C@H](CBr)Cc1ccccc1O.COc1ccccc1Br.COc1ccccc1C[C@H](O)COCc1ccccc1.c1ccc(COC[C@@H]2CO2)cc1. The second kappa shape index (κ2) is 57.0. The number of hydrogen-bond donors (Lipinski definition) is 2. The van der Waals surface area contributed by atoms with E-state index in [2.05, 4.69) is 110 Å². The second-order valence-electron chi connectivity index (χ2n) is 18.0. The van der Waals surface area contributed by atoms with Gasteiger partial charge in [-0.3, -0.25) is 4.79 Å². The number of fused-ring (bicyclic) bond motifs is 2. The number of rotatable bonds is 18. The Kier molecular flexibility index (Phi) is 55.3. The number of phenolic OH excluding ortho intramolecular Hbond substituents is 1. The van der Waals surface area contributed by atoms with Crippen molar-refractivity contribution in [3.63, 3.8) is 0 Å². The molecule has 0 amide bonds.